The molecule has 0 aromatic heterocycles. The van der Waals surface area contributed by atoms with E-state index in [9.17, 15) is 63.9 Å². The van der Waals surface area contributed by atoms with Crippen LogP contribution in [0.1, 0.15) is 51.4 Å². The molecule has 1 fully saturated rings. The molecule has 21 heteroatoms. The van der Waals surface area contributed by atoms with E-state index in [1.165, 1.54) is 19.6 Å². The van der Waals surface area contributed by atoms with Crippen molar-refractivity contribution in [2.75, 3.05) is 52.4 Å². The zero-order chi connectivity index (χ0) is 36.6. The Hall–Kier alpha value is -3.08. The number of hydrogen-bond donors (Lipinski definition) is 5. The fraction of sp³-hybridized carbons (Fsp3) is 0.714. The van der Waals surface area contributed by atoms with Gasteiger partial charge in [-0.25, -0.2) is 0 Å². The van der Waals surface area contributed by atoms with Crippen LogP contribution in [-0.2, 0) is 38.4 Å². The molecule has 1 aliphatic heterocycles. The first-order chi connectivity index (χ1) is 22.4. The predicted molar refractivity (Wildman–Crippen MR) is 152 cm³/mol. The molecule has 4 unspecified atom stereocenters. The van der Waals surface area contributed by atoms with E-state index >= 15 is 0 Å². The summed E-state index contributed by atoms with van der Waals surface area (Å²) in [5.74, 6) is -11.7. The van der Waals surface area contributed by atoms with E-state index in [1.807, 2.05) is 0 Å². The standard InChI is InChI=1S/C28H44N4O16.Gd/c33-21(34)5-1-17(25(41)42)29-9-11-30(18(26(43)44)2-6-22(35)36)13-15-32(20(28(47)48)4-8-24(39)40)16-14-31(12-10-29)19(27(45)46)3-7-23(37)38;/h17-20H,1-16H2,(H,33,34)(H,35,36)(H,37,38)(H,39,40)(H,41,42)(H,43,44)(H,45,46)(H,47,48);/q;+3/p-3. The van der Waals surface area contributed by atoms with Crippen LogP contribution >= 0.6 is 0 Å². The van der Waals surface area contributed by atoms with Crippen LogP contribution in [0.25, 0.3) is 0 Å². The van der Waals surface area contributed by atoms with Gasteiger partial charge in [0.1, 0.15) is 6.04 Å². The largest absolute Gasteiger partial charge is 3.00 e. The van der Waals surface area contributed by atoms with Crippen LogP contribution in [0.2, 0.25) is 0 Å². The molecule has 1 rings (SSSR count). The normalized spacial score (nSPS) is 18.3. The second-order valence-electron chi connectivity index (χ2n) is 11.2. The number of aliphatic carboxylic acids is 8. The van der Waals surface area contributed by atoms with Gasteiger partial charge in [0.2, 0.25) is 0 Å². The Kier molecular flexibility index (Phi) is 21.9. The van der Waals surface area contributed by atoms with Crippen LogP contribution in [0.3, 0.4) is 0 Å². The summed E-state index contributed by atoms with van der Waals surface area (Å²) in [4.78, 5) is 98.8. The van der Waals surface area contributed by atoms with Gasteiger partial charge in [0, 0.05) is 96.2 Å². The zero-order valence-corrected chi connectivity index (χ0v) is 28.8. The maximum Gasteiger partial charge on any atom is 3.00 e. The zero-order valence-electron chi connectivity index (χ0n) is 26.5. The van der Waals surface area contributed by atoms with Crippen molar-refractivity contribution in [3.63, 3.8) is 0 Å². The summed E-state index contributed by atoms with van der Waals surface area (Å²) < 4.78 is 0. The van der Waals surface area contributed by atoms with Gasteiger partial charge in [-0.2, -0.15) is 0 Å². The molecule has 49 heavy (non-hydrogen) atoms. The fourth-order valence-corrected chi connectivity index (χ4v) is 5.57. The molecule has 1 saturated heterocycles. The Labute approximate surface area is 312 Å². The molecule has 20 nitrogen and oxygen atoms in total. The summed E-state index contributed by atoms with van der Waals surface area (Å²) in [6.07, 6.45) is -4.14. The van der Waals surface area contributed by atoms with Gasteiger partial charge in [0.25, 0.3) is 0 Å². The molecule has 0 saturated carbocycles. The van der Waals surface area contributed by atoms with Crippen LogP contribution < -0.4 is 15.3 Å². The second kappa shape index (κ2) is 23.4. The Morgan fingerprint density at radius 2 is 0.592 bits per heavy atom. The first-order valence-electron chi connectivity index (χ1n) is 15.1. The van der Waals surface area contributed by atoms with Gasteiger partial charge >= 0.3 is 69.8 Å². The Morgan fingerprint density at radius 1 is 0.408 bits per heavy atom. The molecule has 0 aromatic carbocycles. The van der Waals surface area contributed by atoms with Crippen LogP contribution in [0.4, 0.5) is 0 Å². The van der Waals surface area contributed by atoms with Gasteiger partial charge in [-0.3, -0.25) is 43.6 Å². The average molecular weight is 847 g/mol. The number of carbonyl (C=O) groups excluding carboxylic acids is 3. The van der Waals surface area contributed by atoms with E-state index in [2.05, 4.69) is 0 Å². The van der Waals surface area contributed by atoms with Crippen molar-refractivity contribution in [3.05, 3.63) is 0 Å². The minimum absolute atomic E-state index is 0. The van der Waals surface area contributed by atoms with E-state index in [1.54, 1.807) is 0 Å². The number of carbonyl (C=O) groups is 8. The first-order valence-corrected chi connectivity index (χ1v) is 15.1. The minimum atomic E-state index is -1.68. The maximum atomic E-state index is 12.3. The van der Waals surface area contributed by atoms with E-state index in [-0.39, 0.29) is 92.3 Å². The van der Waals surface area contributed by atoms with Crippen LogP contribution in [-0.4, -0.2) is 169 Å². The SMILES string of the molecule is O=C(O)CCC(C(=O)[O-])N1CCN(C(CCC(=O)O)C(=O)[O-])CCN(C(CCC(=O)O)C(=O)O)CCN(C(CCC(=O)O)C(=O)[O-])CC1.[Gd+3]. The van der Waals surface area contributed by atoms with Crippen molar-refractivity contribution >= 4 is 47.8 Å². The monoisotopic (exact) mass is 847 g/mol. The predicted octanol–water partition coefficient (Wildman–Crippen LogP) is -5.52. The van der Waals surface area contributed by atoms with Gasteiger partial charge in [0.15, 0.2) is 0 Å². The van der Waals surface area contributed by atoms with Crippen LogP contribution in [0.15, 0.2) is 0 Å². The third-order valence-electron chi connectivity index (χ3n) is 8.09. The molecule has 0 amide bonds. The van der Waals surface area contributed by atoms with Gasteiger partial charge in [-0.1, -0.05) is 0 Å². The number of nitrogens with zero attached hydrogens (tertiary/aromatic N) is 4. The van der Waals surface area contributed by atoms with E-state index < -0.39 is 123 Å². The van der Waals surface area contributed by atoms with Crippen LogP contribution in [0, 0.1) is 39.9 Å². The quantitative estimate of drug-likeness (QED) is 0.0763. The third kappa shape index (κ3) is 17.4. The van der Waals surface area contributed by atoms with Crippen molar-refractivity contribution in [1.29, 1.82) is 0 Å². The molecule has 5 N–H and O–H groups in total. The van der Waals surface area contributed by atoms with Gasteiger partial charge < -0.3 is 55.2 Å². The average Bonchev–Trinajstić information content (AvgIpc) is 2.95. The first kappa shape index (κ1) is 45.9. The van der Waals surface area contributed by atoms with E-state index in [0.717, 1.165) is 0 Å². The van der Waals surface area contributed by atoms with Crippen LogP contribution in [0.5, 0.6) is 0 Å². The summed E-state index contributed by atoms with van der Waals surface area (Å²) in [5.41, 5.74) is 0. The Morgan fingerprint density at radius 3 is 0.755 bits per heavy atom. The van der Waals surface area contributed by atoms with E-state index in [0.29, 0.717) is 0 Å². The van der Waals surface area contributed by atoms with Crippen molar-refractivity contribution in [2.24, 2.45) is 0 Å². The summed E-state index contributed by atoms with van der Waals surface area (Å²) in [6, 6.07) is -6.11. The molecule has 0 aromatic rings. The van der Waals surface area contributed by atoms with Gasteiger partial charge in [-0.15, -0.1) is 0 Å². The van der Waals surface area contributed by atoms with Crippen molar-refractivity contribution in [1.82, 2.24) is 19.6 Å². The minimum Gasteiger partial charge on any atom is -0.548 e. The van der Waals surface area contributed by atoms with E-state index in [4.69, 9.17) is 15.3 Å². The molecule has 0 spiro atoms. The summed E-state index contributed by atoms with van der Waals surface area (Å²) in [6.45, 7) is -2.28. The molecular formula is C28H41GdN4O16. The van der Waals surface area contributed by atoms with Gasteiger partial charge in [-0.05, 0) is 25.7 Å². The third-order valence-corrected chi connectivity index (χ3v) is 8.09. The molecule has 1 radical (unpaired) electrons. The number of carboxylic acid groups (broad SMARTS) is 8. The van der Waals surface area contributed by atoms with Crippen molar-refractivity contribution in [3.8, 4) is 0 Å². The molecule has 0 aliphatic carbocycles. The molecule has 277 valence electrons. The molecule has 0 bridgehead atoms. The molecular weight excluding hydrogens is 806 g/mol. The van der Waals surface area contributed by atoms with Gasteiger partial charge in [0.05, 0.1) is 17.9 Å². The van der Waals surface area contributed by atoms with Crippen molar-refractivity contribution < 1.29 is 119 Å². The second-order valence-corrected chi connectivity index (χ2v) is 11.2. The maximum absolute atomic E-state index is 12.3. The van der Waals surface area contributed by atoms with Crippen molar-refractivity contribution in [2.45, 2.75) is 75.5 Å². The molecule has 1 heterocycles. The Bertz CT molecular complexity index is 981. The topological polar surface area (TPSA) is 320 Å². The molecule has 4 atom stereocenters. The molecule has 1 aliphatic rings. The summed E-state index contributed by atoms with van der Waals surface area (Å²) in [5, 5.41) is 83.1. The number of rotatable bonds is 20. The fourth-order valence-electron chi connectivity index (χ4n) is 5.57. The number of carboxylic acids is 8. The Balaban J connectivity index is 0.0000230. The summed E-state index contributed by atoms with van der Waals surface area (Å²) in [7, 11) is 0. The smallest absolute Gasteiger partial charge is 0.548 e. The summed E-state index contributed by atoms with van der Waals surface area (Å²) >= 11 is 0. The number of hydrogen-bond acceptors (Lipinski definition) is 15.